The van der Waals surface area contributed by atoms with Gasteiger partial charge in [-0.3, -0.25) is 9.59 Å². The zero-order chi connectivity index (χ0) is 20.5. The van der Waals surface area contributed by atoms with E-state index < -0.39 is 0 Å². The average Bonchev–Trinajstić information content (AvgIpc) is 3.23. The number of para-hydroxylation sites is 1. The molecule has 0 radical (unpaired) electrons. The van der Waals surface area contributed by atoms with Crippen LogP contribution in [0.4, 0.5) is 11.5 Å². The fraction of sp³-hybridized carbons (Fsp3) is 0.261. The van der Waals surface area contributed by atoms with Gasteiger partial charge in [0.05, 0.1) is 23.7 Å². The maximum Gasteiger partial charge on any atom is 0.245 e. The van der Waals surface area contributed by atoms with Gasteiger partial charge in [0, 0.05) is 11.0 Å². The lowest BCUT2D eigenvalue weighted by molar-refractivity contribution is -0.120. The van der Waals surface area contributed by atoms with E-state index in [9.17, 15) is 9.59 Å². The van der Waals surface area contributed by atoms with Crippen LogP contribution in [0, 0.1) is 0 Å². The Morgan fingerprint density at radius 1 is 1.13 bits per heavy atom. The number of carbonyl (C=O) groups is 2. The second kappa shape index (κ2) is 7.99. The molecule has 1 N–H and O–H groups in total. The van der Waals surface area contributed by atoms with Gasteiger partial charge in [0.25, 0.3) is 0 Å². The Balaban J connectivity index is 1.36. The van der Waals surface area contributed by atoms with E-state index in [0.29, 0.717) is 11.6 Å². The Morgan fingerprint density at radius 2 is 1.97 bits per heavy atom. The van der Waals surface area contributed by atoms with Gasteiger partial charge in [-0.25, -0.2) is 4.68 Å². The monoisotopic (exact) mass is 418 g/mol. The second-order valence-electron chi connectivity index (χ2n) is 7.55. The fourth-order valence-corrected chi connectivity index (χ4v) is 5.23. The number of aromatic nitrogens is 2. The highest BCUT2D eigenvalue weighted by molar-refractivity contribution is 8.00. The lowest BCUT2D eigenvalue weighted by Gasteiger charge is -2.29. The molecule has 6 nitrogen and oxygen atoms in total. The number of carbonyl (C=O) groups excluding carboxylic acids is 2. The minimum absolute atomic E-state index is 0.0111. The third kappa shape index (κ3) is 3.50. The minimum atomic E-state index is -0.226. The maximum absolute atomic E-state index is 12.9. The van der Waals surface area contributed by atoms with E-state index in [0.717, 1.165) is 29.8 Å². The van der Waals surface area contributed by atoms with Crippen molar-refractivity contribution in [2.24, 2.45) is 0 Å². The van der Waals surface area contributed by atoms with E-state index in [1.165, 1.54) is 22.9 Å². The molecular weight excluding hydrogens is 396 g/mol. The van der Waals surface area contributed by atoms with E-state index in [-0.39, 0.29) is 24.4 Å². The molecule has 2 amide bonds. The molecule has 30 heavy (non-hydrogen) atoms. The van der Waals surface area contributed by atoms with Crippen LogP contribution in [0.25, 0.3) is 0 Å². The van der Waals surface area contributed by atoms with Crippen LogP contribution in [0.15, 0.2) is 65.7 Å². The summed E-state index contributed by atoms with van der Waals surface area (Å²) < 4.78 is 1.90. The second-order valence-corrected chi connectivity index (χ2v) is 8.57. The molecule has 1 atom stereocenters. The normalized spacial score (nSPS) is 17.9. The molecule has 0 saturated carbocycles. The van der Waals surface area contributed by atoms with E-state index in [2.05, 4.69) is 34.7 Å². The predicted octanol–water partition coefficient (Wildman–Crippen LogP) is 3.89. The summed E-state index contributed by atoms with van der Waals surface area (Å²) in [6.07, 6.45) is 4.86. The molecule has 2 aliphatic rings. The van der Waals surface area contributed by atoms with Crippen LogP contribution in [0.5, 0.6) is 0 Å². The first-order valence-electron chi connectivity index (χ1n) is 10.1. The standard InChI is InChI=1S/C23H22N4O2S/c28-22(14-26-19-9-3-4-11-20(19)30-15-23(26)29)25-21-12-13-24-27(21)18-10-5-7-16-6-1-2-8-17(16)18/h1-4,6,8-9,11-13,18H,5,7,10,14-15H2,(H,25,28)/t18-/m1/s1. The van der Waals surface area contributed by atoms with Crippen molar-refractivity contribution in [1.82, 2.24) is 9.78 Å². The average molecular weight is 419 g/mol. The summed E-state index contributed by atoms with van der Waals surface area (Å²) in [7, 11) is 0. The van der Waals surface area contributed by atoms with Crippen LogP contribution >= 0.6 is 11.8 Å². The smallest absolute Gasteiger partial charge is 0.245 e. The summed E-state index contributed by atoms with van der Waals surface area (Å²) in [5.74, 6) is 0.731. The van der Waals surface area contributed by atoms with Crippen LogP contribution in [0.3, 0.4) is 0 Å². The molecule has 0 fully saturated rings. The van der Waals surface area contributed by atoms with E-state index in [1.54, 1.807) is 11.1 Å². The molecule has 0 unspecified atom stereocenters. The quantitative estimate of drug-likeness (QED) is 0.698. The van der Waals surface area contributed by atoms with Gasteiger partial charge in [-0.2, -0.15) is 5.10 Å². The highest BCUT2D eigenvalue weighted by atomic mass is 32.2. The lowest BCUT2D eigenvalue weighted by Crippen LogP contribution is -2.41. The topological polar surface area (TPSA) is 67.2 Å². The van der Waals surface area contributed by atoms with Gasteiger partial charge < -0.3 is 10.2 Å². The molecule has 1 aromatic heterocycles. The van der Waals surface area contributed by atoms with Crippen molar-refractivity contribution in [1.29, 1.82) is 0 Å². The van der Waals surface area contributed by atoms with Crippen molar-refractivity contribution in [2.45, 2.75) is 30.2 Å². The first-order valence-corrected chi connectivity index (χ1v) is 11.1. The zero-order valence-electron chi connectivity index (χ0n) is 16.5. The number of nitrogens with zero attached hydrogens (tertiary/aromatic N) is 3. The van der Waals surface area contributed by atoms with Crippen molar-refractivity contribution in [3.05, 3.63) is 71.9 Å². The minimum Gasteiger partial charge on any atom is -0.309 e. The molecule has 0 spiro atoms. The van der Waals surface area contributed by atoms with Crippen LogP contribution in [0.1, 0.15) is 30.0 Å². The number of benzene rings is 2. The molecule has 3 aromatic rings. The van der Waals surface area contributed by atoms with Gasteiger partial charge in [0.1, 0.15) is 12.4 Å². The van der Waals surface area contributed by atoms with E-state index in [1.807, 2.05) is 35.0 Å². The number of thioether (sulfide) groups is 1. The number of hydrogen-bond acceptors (Lipinski definition) is 4. The molecule has 0 bridgehead atoms. The summed E-state index contributed by atoms with van der Waals surface area (Å²) in [5.41, 5.74) is 3.40. The largest absolute Gasteiger partial charge is 0.309 e. The molecule has 1 aliphatic carbocycles. The molecule has 1 aliphatic heterocycles. The molecule has 2 heterocycles. The molecular formula is C23H22N4O2S. The Kier molecular flexibility index (Phi) is 5.04. The Hall–Kier alpha value is -3.06. The predicted molar refractivity (Wildman–Crippen MR) is 118 cm³/mol. The fourth-order valence-electron chi connectivity index (χ4n) is 4.30. The summed E-state index contributed by atoms with van der Waals surface area (Å²) in [4.78, 5) is 27.9. The van der Waals surface area contributed by atoms with Gasteiger partial charge in [-0.05, 0) is 42.5 Å². The first kappa shape index (κ1) is 18.9. The van der Waals surface area contributed by atoms with E-state index in [4.69, 9.17) is 0 Å². The number of amides is 2. The van der Waals surface area contributed by atoms with Crippen molar-refractivity contribution < 1.29 is 9.59 Å². The van der Waals surface area contributed by atoms with Crippen LogP contribution in [-0.4, -0.2) is 33.9 Å². The van der Waals surface area contributed by atoms with E-state index >= 15 is 0 Å². The number of anilines is 2. The summed E-state index contributed by atoms with van der Waals surface area (Å²) in [6.45, 7) is -0.0111. The highest BCUT2D eigenvalue weighted by Gasteiger charge is 2.28. The Bertz CT molecular complexity index is 1110. The summed E-state index contributed by atoms with van der Waals surface area (Å²) >= 11 is 1.51. The molecule has 2 aromatic carbocycles. The highest BCUT2D eigenvalue weighted by Crippen LogP contribution is 2.36. The molecule has 0 saturated heterocycles. The Morgan fingerprint density at radius 3 is 2.90 bits per heavy atom. The van der Waals surface area contributed by atoms with Gasteiger partial charge >= 0.3 is 0 Å². The third-order valence-corrected chi connectivity index (χ3v) is 6.73. The van der Waals surface area contributed by atoms with Gasteiger partial charge in [-0.1, -0.05) is 36.4 Å². The van der Waals surface area contributed by atoms with Crippen molar-refractivity contribution >= 4 is 35.1 Å². The molecule has 7 heteroatoms. The van der Waals surface area contributed by atoms with Crippen molar-refractivity contribution in [3.8, 4) is 0 Å². The van der Waals surface area contributed by atoms with Gasteiger partial charge in [0.2, 0.25) is 11.8 Å². The van der Waals surface area contributed by atoms with Crippen LogP contribution < -0.4 is 10.2 Å². The molecule has 5 rings (SSSR count). The Labute approximate surface area is 179 Å². The van der Waals surface area contributed by atoms with Crippen LogP contribution in [-0.2, 0) is 16.0 Å². The number of nitrogens with one attached hydrogen (secondary N) is 1. The SMILES string of the molecule is O=C(CN1C(=O)CSc2ccccc21)Nc1ccnn1[C@@H]1CCCc2ccccc21. The third-order valence-electron chi connectivity index (χ3n) is 5.68. The van der Waals surface area contributed by atoms with Gasteiger partial charge in [-0.15, -0.1) is 11.8 Å². The van der Waals surface area contributed by atoms with Crippen molar-refractivity contribution in [2.75, 3.05) is 22.5 Å². The first-order chi connectivity index (χ1) is 14.7. The van der Waals surface area contributed by atoms with Gasteiger partial charge in [0.15, 0.2) is 0 Å². The number of rotatable bonds is 4. The zero-order valence-corrected chi connectivity index (χ0v) is 17.3. The summed E-state index contributed by atoms with van der Waals surface area (Å²) in [6, 6.07) is 18.1. The number of hydrogen-bond donors (Lipinski definition) is 1. The number of aryl methyl sites for hydroxylation is 1. The summed E-state index contributed by atoms with van der Waals surface area (Å²) in [5, 5.41) is 7.49. The van der Waals surface area contributed by atoms with Crippen LogP contribution in [0.2, 0.25) is 0 Å². The maximum atomic E-state index is 12.9. The lowest BCUT2D eigenvalue weighted by atomic mass is 9.88. The van der Waals surface area contributed by atoms with Crippen molar-refractivity contribution in [3.63, 3.8) is 0 Å². The number of fused-ring (bicyclic) bond motifs is 2. The molecule has 152 valence electrons.